The molecule has 27 heavy (non-hydrogen) atoms. The maximum Gasteiger partial charge on any atom is 0.226 e. The minimum atomic E-state index is -0.129. The fraction of sp³-hybridized carbons (Fsp3) is 0.750. The average Bonchev–Trinajstić information content (AvgIpc) is 3.31. The molecule has 2 atom stereocenters. The van der Waals surface area contributed by atoms with Gasteiger partial charge in [0.1, 0.15) is 0 Å². The fourth-order valence-corrected chi connectivity index (χ4v) is 4.38. The van der Waals surface area contributed by atoms with Gasteiger partial charge in [-0.05, 0) is 52.0 Å². The van der Waals surface area contributed by atoms with Crippen molar-refractivity contribution in [1.29, 1.82) is 0 Å². The lowest BCUT2D eigenvalue weighted by Crippen LogP contribution is -2.49. The molecule has 2 aliphatic rings. The van der Waals surface area contributed by atoms with Crippen molar-refractivity contribution in [2.45, 2.75) is 53.0 Å². The van der Waals surface area contributed by atoms with Gasteiger partial charge in [0, 0.05) is 45.0 Å². The first kappa shape index (κ1) is 19.9. The van der Waals surface area contributed by atoms with E-state index in [1.165, 1.54) is 11.3 Å². The first-order valence-corrected chi connectivity index (χ1v) is 10.3. The highest BCUT2D eigenvalue weighted by molar-refractivity contribution is 5.83. The number of nitrogens with one attached hydrogen (secondary N) is 2. The average molecular weight is 376 g/mol. The number of hydrogen-bond donors (Lipinski definition) is 2. The van der Waals surface area contributed by atoms with Crippen LogP contribution in [0.3, 0.4) is 0 Å². The molecular weight excluding hydrogens is 342 g/mol. The summed E-state index contributed by atoms with van der Waals surface area (Å²) in [6.07, 6.45) is 3.65. The molecule has 2 aliphatic heterocycles. The zero-order valence-electron chi connectivity index (χ0n) is 16.9. The summed E-state index contributed by atoms with van der Waals surface area (Å²) in [4.78, 5) is 27.2. The zero-order valence-corrected chi connectivity index (χ0v) is 16.9. The number of rotatable bonds is 6. The molecule has 0 saturated carbocycles. The molecule has 7 heteroatoms. The summed E-state index contributed by atoms with van der Waals surface area (Å²) in [5.41, 5.74) is 3.44. The molecule has 2 N–H and O–H groups in total. The molecule has 0 unspecified atom stereocenters. The van der Waals surface area contributed by atoms with Crippen LogP contribution in [0, 0.1) is 25.7 Å². The van der Waals surface area contributed by atoms with Crippen molar-refractivity contribution in [3.05, 3.63) is 17.0 Å². The predicted octanol–water partition coefficient (Wildman–Crippen LogP) is 1.03. The Hall–Kier alpha value is -1.89. The van der Waals surface area contributed by atoms with E-state index in [0.717, 1.165) is 44.6 Å². The molecule has 0 bridgehead atoms. The van der Waals surface area contributed by atoms with Gasteiger partial charge in [0.2, 0.25) is 11.8 Å². The van der Waals surface area contributed by atoms with E-state index in [1.807, 2.05) is 16.5 Å². The van der Waals surface area contributed by atoms with Crippen LogP contribution < -0.4 is 10.6 Å². The second-order valence-electron chi connectivity index (χ2n) is 7.83. The first-order chi connectivity index (χ1) is 13.0. The van der Waals surface area contributed by atoms with Crippen LogP contribution >= 0.6 is 0 Å². The molecular formula is C20H33N5O2. The van der Waals surface area contributed by atoms with Gasteiger partial charge in [-0.3, -0.25) is 14.3 Å². The van der Waals surface area contributed by atoms with Gasteiger partial charge < -0.3 is 15.5 Å². The Morgan fingerprint density at radius 3 is 2.56 bits per heavy atom. The third kappa shape index (κ3) is 4.51. The number of carbonyl (C=O) groups is 2. The van der Waals surface area contributed by atoms with E-state index in [-0.39, 0.29) is 23.7 Å². The SMILES string of the molecule is CCn1nc(C)c(CCNC(=O)[C@H]2CNC[C@H](C(=O)N3CCCC3)C2)c1C. The van der Waals surface area contributed by atoms with Crippen molar-refractivity contribution in [3.63, 3.8) is 0 Å². The van der Waals surface area contributed by atoms with Crippen LogP contribution in [-0.2, 0) is 22.6 Å². The number of amides is 2. The largest absolute Gasteiger partial charge is 0.355 e. The highest BCUT2D eigenvalue weighted by Crippen LogP contribution is 2.21. The van der Waals surface area contributed by atoms with E-state index in [9.17, 15) is 9.59 Å². The van der Waals surface area contributed by atoms with Gasteiger partial charge in [-0.2, -0.15) is 5.10 Å². The number of aromatic nitrogens is 2. The Labute approximate surface area is 161 Å². The summed E-state index contributed by atoms with van der Waals surface area (Å²) < 4.78 is 2.01. The highest BCUT2D eigenvalue weighted by Gasteiger charge is 2.33. The van der Waals surface area contributed by atoms with E-state index in [2.05, 4.69) is 29.6 Å². The minimum Gasteiger partial charge on any atom is -0.355 e. The molecule has 3 rings (SSSR count). The number of likely N-dealkylation sites (tertiary alicyclic amines) is 1. The molecule has 2 saturated heterocycles. The van der Waals surface area contributed by atoms with Crippen molar-refractivity contribution in [3.8, 4) is 0 Å². The molecule has 2 fully saturated rings. The number of carbonyl (C=O) groups excluding carboxylic acids is 2. The van der Waals surface area contributed by atoms with Crippen molar-refractivity contribution in [2.24, 2.45) is 11.8 Å². The normalized spacial score (nSPS) is 22.9. The number of piperidine rings is 1. The van der Waals surface area contributed by atoms with Crippen molar-refractivity contribution in [2.75, 3.05) is 32.7 Å². The van der Waals surface area contributed by atoms with Gasteiger partial charge >= 0.3 is 0 Å². The molecule has 150 valence electrons. The van der Waals surface area contributed by atoms with Crippen LogP contribution in [0.2, 0.25) is 0 Å². The van der Waals surface area contributed by atoms with Gasteiger partial charge in [-0.15, -0.1) is 0 Å². The maximum absolute atomic E-state index is 12.6. The second kappa shape index (κ2) is 8.87. The van der Waals surface area contributed by atoms with Gasteiger partial charge in [0.15, 0.2) is 0 Å². The summed E-state index contributed by atoms with van der Waals surface area (Å²) in [6, 6.07) is 0. The van der Waals surface area contributed by atoms with Gasteiger partial charge in [0.25, 0.3) is 0 Å². The Balaban J connectivity index is 1.49. The van der Waals surface area contributed by atoms with Crippen molar-refractivity contribution in [1.82, 2.24) is 25.3 Å². The smallest absolute Gasteiger partial charge is 0.226 e. The molecule has 0 spiro atoms. The molecule has 7 nitrogen and oxygen atoms in total. The lowest BCUT2D eigenvalue weighted by molar-refractivity contribution is -0.136. The summed E-state index contributed by atoms with van der Waals surface area (Å²) >= 11 is 0. The highest BCUT2D eigenvalue weighted by atomic mass is 16.2. The van der Waals surface area contributed by atoms with E-state index in [1.54, 1.807) is 0 Å². The van der Waals surface area contributed by atoms with Crippen molar-refractivity contribution < 1.29 is 9.59 Å². The minimum absolute atomic E-state index is 0.0552. The third-order valence-electron chi connectivity index (χ3n) is 5.99. The summed E-state index contributed by atoms with van der Waals surface area (Å²) in [7, 11) is 0. The zero-order chi connectivity index (χ0) is 19.4. The van der Waals surface area contributed by atoms with E-state index in [0.29, 0.717) is 26.1 Å². The standard InChI is InChI=1S/C20H33N5O2/c1-4-25-15(3)18(14(2)23-25)7-8-22-19(26)16-11-17(13-21-12-16)20(27)24-9-5-6-10-24/h16-17,21H,4-13H2,1-3H3,(H,22,26)/t16-,17-/m1/s1. The Kier molecular flexibility index (Phi) is 6.52. The summed E-state index contributed by atoms with van der Waals surface area (Å²) in [5, 5.41) is 10.9. The van der Waals surface area contributed by atoms with Gasteiger partial charge in [-0.1, -0.05) is 0 Å². The Morgan fingerprint density at radius 1 is 1.19 bits per heavy atom. The van der Waals surface area contributed by atoms with Crippen LogP contribution in [0.25, 0.3) is 0 Å². The molecule has 0 aliphatic carbocycles. The second-order valence-corrected chi connectivity index (χ2v) is 7.83. The number of hydrogen-bond acceptors (Lipinski definition) is 4. The molecule has 1 aromatic rings. The van der Waals surface area contributed by atoms with Crippen LogP contribution in [0.1, 0.15) is 43.1 Å². The first-order valence-electron chi connectivity index (χ1n) is 10.3. The van der Waals surface area contributed by atoms with Crippen LogP contribution in [0.15, 0.2) is 0 Å². The lowest BCUT2D eigenvalue weighted by Gasteiger charge is -2.31. The van der Waals surface area contributed by atoms with Crippen LogP contribution in [0.4, 0.5) is 0 Å². The van der Waals surface area contributed by atoms with Crippen LogP contribution in [-0.4, -0.2) is 59.2 Å². The van der Waals surface area contributed by atoms with Gasteiger partial charge in [-0.25, -0.2) is 0 Å². The summed E-state index contributed by atoms with van der Waals surface area (Å²) in [5.74, 6) is 0.0751. The van der Waals surface area contributed by atoms with E-state index >= 15 is 0 Å². The number of nitrogens with zero attached hydrogens (tertiary/aromatic N) is 3. The monoisotopic (exact) mass is 375 g/mol. The Morgan fingerprint density at radius 2 is 1.89 bits per heavy atom. The maximum atomic E-state index is 12.6. The molecule has 1 aromatic heterocycles. The molecule has 2 amide bonds. The topological polar surface area (TPSA) is 79.3 Å². The van der Waals surface area contributed by atoms with E-state index in [4.69, 9.17) is 0 Å². The summed E-state index contributed by atoms with van der Waals surface area (Å²) in [6.45, 7) is 10.7. The third-order valence-corrected chi connectivity index (χ3v) is 5.99. The molecule has 3 heterocycles. The lowest BCUT2D eigenvalue weighted by atomic mass is 9.89. The quantitative estimate of drug-likeness (QED) is 0.778. The predicted molar refractivity (Wildman–Crippen MR) is 104 cm³/mol. The fourth-order valence-electron chi connectivity index (χ4n) is 4.38. The van der Waals surface area contributed by atoms with Crippen LogP contribution in [0.5, 0.6) is 0 Å². The Bertz CT molecular complexity index is 678. The molecule has 0 radical (unpaired) electrons. The van der Waals surface area contributed by atoms with Crippen molar-refractivity contribution >= 4 is 11.8 Å². The molecule has 0 aromatic carbocycles. The van der Waals surface area contributed by atoms with Gasteiger partial charge in [0.05, 0.1) is 17.5 Å². The van der Waals surface area contributed by atoms with E-state index < -0.39 is 0 Å². The number of aryl methyl sites for hydroxylation is 2.